The van der Waals surface area contributed by atoms with Gasteiger partial charge >= 0.3 is 11.3 Å². The highest BCUT2D eigenvalue weighted by molar-refractivity contribution is 14.1. The number of benzene rings is 2. The first-order chi connectivity index (χ1) is 11.7. The lowest BCUT2D eigenvalue weighted by atomic mass is 10.1. The maximum Gasteiger partial charge on any atom is 0.338 e. The average Bonchev–Trinajstić information content (AvgIpc) is 2.96. The molecule has 0 saturated heterocycles. The minimum Gasteiger partial charge on any atom is -0.355 e. The normalized spacial score (nSPS) is 16.8. The fraction of sp³-hybridized carbons (Fsp3) is 0. The Labute approximate surface area is 158 Å². The smallest absolute Gasteiger partial charge is 0.338 e. The van der Waals surface area contributed by atoms with Crippen LogP contribution in [-0.4, -0.2) is 18.5 Å². The number of nitrogens with zero attached hydrogens (tertiary/aromatic N) is 1. The first kappa shape index (κ1) is 18.0. The quantitative estimate of drug-likeness (QED) is 0.556. The van der Waals surface area contributed by atoms with E-state index in [0.717, 1.165) is 15.7 Å². The standard InChI is InChI=1S/C13H10FIN4O4S2/c14-10-5-9(13-18-23-24(20)19-13)11(6-12(10)25(16,21)22)17-8-3-1-7(15)2-4-8/h1-6,17H,(H,18,19)(H2,16,21,22). The Hall–Kier alpha value is -1.77. The van der Waals surface area contributed by atoms with Gasteiger partial charge in [0.05, 0.1) is 5.69 Å². The molecule has 1 aliphatic rings. The van der Waals surface area contributed by atoms with Gasteiger partial charge in [0.15, 0.2) is 5.84 Å². The molecule has 0 aromatic heterocycles. The van der Waals surface area contributed by atoms with Crippen LogP contribution in [0.2, 0.25) is 0 Å². The maximum absolute atomic E-state index is 14.2. The number of nitrogens with one attached hydrogen (secondary N) is 2. The van der Waals surface area contributed by atoms with Crippen molar-refractivity contribution >= 4 is 61.1 Å². The molecule has 0 spiro atoms. The molecule has 3 rings (SSSR count). The maximum atomic E-state index is 14.2. The molecule has 1 heterocycles. The van der Waals surface area contributed by atoms with Crippen LogP contribution in [0.1, 0.15) is 5.56 Å². The van der Waals surface area contributed by atoms with Crippen LogP contribution in [0.5, 0.6) is 0 Å². The molecule has 8 nitrogen and oxygen atoms in total. The van der Waals surface area contributed by atoms with Crippen LogP contribution in [-0.2, 0) is 25.6 Å². The number of oxime groups is 1. The molecule has 1 unspecified atom stereocenters. The first-order valence-electron chi connectivity index (χ1n) is 6.57. The monoisotopic (exact) mass is 496 g/mol. The molecule has 4 N–H and O–H groups in total. The van der Waals surface area contributed by atoms with Crippen molar-refractivity contribution in [2.75, 3.05) is 5.32 Å². The molecule has 132 valence electrons. The number of amidine groups is 1. The van der Waals surface area contributed by atoms with Gasteiger partial charge in [-0.2, -0.15) is 4.21 Å². The molecular formula is C13H10FIN4O4S2. The molecule has 1 atom stereocenters. The molecule has 0 radical (unpaired) electrons. The van der Waals surface area contributed by atoms with Gasteiger partial charge in [0, 0.05) is 14.8 Å². The average molecular weight is 496 g/mol. The van der Waals surface area contributed by atoms with Crippen molar-refractivity contribution in [3.8, 4) is 0 Å². The number of primary sulfonamides is 1. The second kappa shape index (κ2) is 6.86. The molecule has 12 heteroatoms. The zero-order valence-electron chi connectivity index (χ0n) is 12.2. The van der Waals surface area contributed by atoms with E-state index in [1.165, 1.54) is 0 Å². The van der Waals surface area contributed by atoms with Crippen LogP contribution in [0.4, 0.5) is 15.8 Å². The minimum absolute atomic E-state index is 0.00813. The molecule has 25 heavy (non-hydrogen) atoms. The number of rotatable bonds is 4. The third-order valence-electron chi connectivity index (χ3n) is 3.13. The Morgan fingerprint density at radius 1 is 1.28 bits per heavy atom. The van der Waals surface area contributed by atoms with E-state index < -0.39 is 32.0 Å². The Morgan fingerprint density at radius 3 is 2.52 bits per heavy atom. The lowest BCUT2D eigenvalue weighted by molar-refractivity contribution is 0.385. The Balaban J connectivity index is 2.11. The number of sulfonamides is 1. The molecular weight excluding hydrogens is 486 g/mol. The molecule has 0 bridgehead atoms. The summed E-state index contributed by atoms with van der Waals surface area (Å²) >= 11 is 0.247. The van der Waals surface area contributed by atoms with E-state index in [1.54, 1.807) is 12.1 Å². The van der Waals surface area contributed by atoms with Crippen LogP contribution >= 0.6 is 22.6 Å². The van der Waals surface area contributed by atoms with Gasteiger partial charge in [-0.3, -0.25) is 9.01 Å². The summed E-state index contributed by atoms with van der Waals surface area (Å²) in [6, 6.07) is 9.14. The highest BCUT2D eigenvalue weighted by Gasteiger charge is 2.24. The van der Waals surface area contributed by atoms with Gasteiger partial charge in [-0.1, -0.05) is 0 Å². The van der Waals surface area contributed by atoms with E-state index in [-0.39, 0.29) is 17.1 Å². The number of hydrogen-bond donors (Lipinski definition) is 3. The summed E-state index contributed by atoms with van der Waals surface area (Å²) in [6.45, 7) is 0. The Bertz CT molecular complexity index is 996. The lowest BCUT2D eigenvalue weighted by Gasteiger charge is -2.13. The minimum atomic E-state index is -4.27. The van der Waals surface area contributed by atoms with Gasteiger partial charge in [0.2, 0.25) is 10.0 Å². The van der Waals surface area contributed by atoms with Gasteiger partial charge in [0.25, 0.3) is 0 Å². The molecule has 0 saturated carbocycles. The van der Waals surface area contributed by atoms with E-state index in [2.05, 4.69) is 42.1 Å². The van der Waals surface area contributed by atoms with Crippen LogP contribution in [0, 0.1) is 9.39 Å². The van der Waals surface area contributed by atoms with Crippen molar-refractivity contribution in [2.45, 2.75) is 4.90 Å². The highest BCUT2D eigenvalue weighted by Crippen LogP contribution is 2.28. The second-order valence-corrected chi connectivity index (χ2v) is 8.45. The predicted octanol–water partition coefficient (Wildman–Crippen LogP) is 1.68. The summed E-state index contributed by atoms with van der Waals surface area (Å²) in [5, 5.41) is 11.6. The largest absolute Gasteiger partial charge is 0.355 e. The summed E-state index contributed by atoms with van der Waals surface area (Å²) in [5.74, 6) is -1.07. The summed E-state index contributed by atoms with van der Waals surface area (Å²) in [7, 11) is -4.27. The van der Waals surface area contributed by atoms with Gasteiger partial charge in [-0.05, 0) is 64.1 Å². The topological polar surface area (TPSA) is 123 Å². The molecule has 2 aromatic rings. The molecule has 2 aromatic carbocycles. The van der Waals surface area contributed by atoms with Gasteiger partial charge in [-0.25, -0.2) is 17.9 Å². The fourth-order valence-corrected chi connectivity index (χ4v) is 3.51. The lowest BCUT2D eigenvalue weighted by Crippen LogP contribution is -2.22. The van der Waals surface area contributed by atoms with E-state index in [9.17, 15) is 17.0 Å². The fourth-order valence-electron chi connectivity index (χ4n) is 2.05. The predicted molar refractivity (Wildman–Crippen MR) is 99.1 cm³/mol. The van der Waals surface area contributed by atoms with Crippen molar-refractivity contribution in [1.29, 1.82) is 0 Å². The number of nitrogens with two attached hydrogens (primary N) is 1. The second-order valence-electron chi connectivity index (χ2n) is 4.86. The van der Waals surface area contributed by atoms with Crippen molar-refractivity contribution in [2.24, 2.45) is 10.3 Å². The summed E-state index contributed by atoms with van der Waals surface area (Å²) < 4.78 is 56.5. The SMILES string of the molecule is NS(=O)(=O)c1cc(Nc2ccc(I)cc2)c(C2=NOS(=O)N2)cc1F. The molecule has 1 aliphatic heterocycles. The summed E-state index contributed by atoms with van der Waals surface area (Å²) in [5.41, 5.74) is 0.948. The van der Waals surface area contributed by atoms with Crippen LogP contribution in [0.15, 0.2) is 46.4 Å². The number of halogens is 2. The van der Waals surface area contributed by atoms with E-state index >= 15 is 0 Å². The third kappa shape index (κ3) is 4.08. The van der Waals surface area contributed by atoms with Crippen molar-refractivity contribution in [3.63, 3.8) is 0 Å². The summed E-state index contributed by atoms with van der Waals surface area (Å²) in [4.78, 5) is -0.676. The van der Waals surface area contributed by atoms with E-state index in [4.69, 9.17) is 5.14 Å². The molecule has 0 amide bonds. The third-order valence-corrected chi connectivity index (χ3v) is 5.35. The van der Waals surface area contributed by atoms with Crippen molar-refractivity contribution in [1.82, 2.24) is 4.72 Å². The zero-order chi connectivity index (χ0) is 18.2. The summed E-state index contributed by atoms with van der Waals surface area (Å²) in [6.07, 6.45) is 0. The van der Waals surface area contributed by atoms with Crippen LogP contribution in [0.3, 0.4) is 0 Å². The van der Waals surface area contributed by atoms with Crippen LogP contribution in [0.25, 0.3) is 0 Å². The Kier molecular flexibility index (Phi) is 4.95. The van der Waals surface area contributed by atoms with Crippen LogP contribution < -0.4 is 15.2 Å². The van der Waals surface area contributed by atoms with Crippen molar-refractivity contribution in [3.05, 3.63) is 51.3 Å². The van der Waals surface area contributed by atoms with E-state index in [0.29, 0.717) is 5.69 Å². The number of hydrogen-bond acceptors (Lipinski definition) is 6. The zero-order valence-corrected chi connectivity index (χ0v) is 16.0. The van der Waals surface area contributed by atoms with Gasteiger partial charge < -0.3 is 5.32 Å². The van der Waals surface area contributed by atoms with E-state index in [1.807, 2.05) is 12.1 Å². The highest BCUT2D eigenvalue weighted by atomic mass is 127. The molecule has 0 aliphatic carbocycles. The Morgan fingerprint density at radius 2 is 1.96 bits per heavy atom. The van der Waals surface area contributed by atoms with Crippen molar-refractivity contribution < 1.29 is 21.3 Å². The molecule has 0 fully saturated rings. The van der Waals surface area contributed by atoms with Gasteiger partial charge in [-0.15, -0.1) is 0 Å². The number of anilines is 2. The van der Waals surface area contributed by atoms with Gasteiger partial charge in [0.1, 0.15) is 10.7 Å². The first-order valence-corrected chi connectivity index (χ1v) is 10.3.